The van der Waals surface area contributed by atoms with Crippen LogP contribution in [0.25, 0.3) is 164 Å². The van der Waals surface area contributed by atoms with Crippen molar-refractivity contribution in [2.24, 2.45) is 0 Å². The second-order valence-corrected chi connectivity index (χ2v) is 21.1. The molecule has 0 fully saturated rings. The molecule has 0 bridgehead atoms. The topological polar surface area (TPSA) is 19.7 Å². The molecule has 0 amide bonds. The molecule has 4 aromatic heterocycles. The van der Waals surface area contributed by atoms with Crippen molar-refractivity contribution in [2.45, 2.75) is 0 Å². The average Bonchev–Trinajstić information content (AvgIpc) is 4.34. The van der Waals surface area contributed by atoms with Gasteiger partial charge < -0.3 is 18.3 Å². The molecular weight excluding hydrogens is 945 g/mol. The van der Waals surface area contributed by atoms with Gasteiger partial charge in [-0.1, -0.05) is 170 Å². The van der Waals surface area contributed by atoms with Crippen molar-refractivity contribution in [3.05, 3.63) is 267 Å². The van der Waals surface area contributed by atoms with Crippen LogP contribution >= 0.6 is 0 Å². The number of rotatable bonds is 4. The normalized spacial score (nSPS) is 12.4. The van der Waals surface area contributed by atoms with Gasteiger partial charge in [0.05, 0.1) is 44.1 Å². The Bertz CT molecular complexity index is 4730. The molecule has 78 heavy (non-hydrogen) atoms. The molecule has 0 radical (unpaired) electrons. The molecule has 0 aliphatic rings. The summed E-state index contributed by atoms with van der Waals surface area (Å²) in [4.78, 5) is 0. The highest BCUT2D eigenvalue weighted by Crippen LogP contribution is 2.48. The number of aromatic nitrogens is 4. The van der Waals surface area contributed by atoms with E-state index in [-0.39, 0.29) is 0 Å². The quantitative estimate of drug-likeness (QED) is 0.157. The van der Waals surface area contributed by atoms with Crippen LogP contribution in [0, 0.1) is 0 Å². The van der Waals surface area contributed by atoms with E-state index in [1.807, 2.05) is 0 Å². The highest BCUT2D eigenvalue weighted by atomic mass is 15.0. The summed E-state index contributed by atoms with van der Waals surface area (Å²) < 4.78 is 9.88. The minimum absolute atomic E-state index is 1.13. The molecular formula is C74H44N4. The molecule has 14 aromatic carbocycles. The van der Waals surface area contributed by atoms with Crippen LogP contribution in [-0.2, 0) is 0 Å². The number of hydrogen-bond donors (Lipinski definition) is 0. The van der Waals surface area contributed by atoms with Gasteiger partial charge in [0, 0.05) is 65.8 Å². The van der Waals surface area contributed by atoms with Crippen LogP contribution in [0.1, 0.15) is 0 Å². The van der Waals surface area contributed by atoms with Gasteiger partial charge in [0.2, 0.25) is 0 Å². The highest BCUT2D eigenvalue weighted by Gasteiger charge is 2.23. The van der Waals surface area contributed by atoms with Gasteiger partial charge in [-0.3, -0.25) is 0 Å². The second kappa shape index (κ2) is 15.6. The third-order valence-corrected chi connectivity index (χ3v) is 17.3. The Morgan fingerprint density at radius 1 is 0.141 bits per heavy atom. The Kier molecular flexibility index (Phi) is 8.36. The smallest absolute Gasteiger partial charge is 0.0541 e. The van der Waals surface area contributed by atoms with Crippen molar-refractivity contribution in [1.82, 2.24) is 18.3 Å². The molecule has 0 aliphatic carbocycles. The van der Waals surface area contributed by atoms with Crippen molar-refractivity contribution >= 4 is 141 Å². The van der Waals surface area contributed by atoms with Crippen LogP contribution in [-0.4, -0.2) is 18.3 Å². The average molecular weight is 989 g/mol. The van der Waals surface area contributed by atoms with Gasteiger partial charge in [-0.05, 0) is 151 Å². The molecule has 0 spiro atoms. The van der Waals surface area contributed by atoms with Gasteiger partial charge in [0.15, 0.2) is 0 Å². The number of nitrogens with zero attached hydrogens (tertiary/aromatic N) is 4. The summed E-state index contributed by atoms with van der Waals surface area (Å²) in [5.41, 5.74) is 14.1. The van der Waals surface area contributed by atoms with Crippen molar-refractivity contribution in [3.8, 4) is 22.7 Å². The van der Waals surface area contributed by atoms with Gasteiger partial charge >= 0.3 is 0 Å². The van der Waals surface area contributed by atoms with E-state index in [0.29, 0.717) is 0 Å². The molecule has 360 valence electrons. The molecule has 4 heteroatoms. The zero-order chi connectivity index (χ0) is 50.7. The second-order valence-electron chi connectivity index (χ2n) is 21.1. The Morgan fingerprint density at radius 3 is 0.487 bits per heavy atom. The van der Waals surface area contributed by atoms with Crippen molar-refractivity contribution in [2.75, 3.05) is 0 Å². The fourth-order valence-corrected chi connectivity index (χ4v) is 14.1. The zero-order valence-corrected chi connectivity index (χ0v) is 42.2. The lowest BCUT2D eigenvalue weighted by Gasteiger charge is -2.20. The van der Waals surface area contributed by atoms with Crippen LogP contribution in [0.4, 0.5) is 0 Å². The molecule has 0 N–H and O–H groups in total. The number of benzene rings is 14. The molecule has 0 unspecified atom stereocenters. The third-order valence-electron chi connectivity index (χ3n) is 17.3. The maximum Gasteiger partial charge on any atom is 0.0541 e. The van der Waals surface area contributed by atoms with Crippen LogP contribution in [0.15, 0.2) is 267 Å². The van der Waals surface area contributed by atoms with Crippen LogP contribution in [0.3, 0.4) is 0 Å². The first-order valence-electron chi connectivity index (χ1n) is 27.0. The first-order chi connectivity index (χ1) is 38.7. The van der Waals surface area contributed by atoms with Crippen molar-refractivity contribution in [3.63, 3.8) is 0 Å². The van der Waals surface area contributed by atoms with Gasteiger partial charge in [-0.15, -0.1) is 0 Å². The van der Waals surface area contributed by atoms with E-state index in [9.17, 15) is 0 Å². The summed E-state index contributed by atoms with van der Waals surface area (Å²) in [5.74, 6) is 0. The molecule has 0 saturated heterocycles. The van der Waals surface area contributed by atoms with Crippen LogP contribution in [0.5, 0.6) is 0 Å². The van der Waals surface area contributed by atoms with Gasteiger partial charge in [0.25, 0.3) is 0 Å². The van der Waals surface area contributed by atoms with E-state index in [0.717, 1.165) is 22.7 Å². The van der Waals surface area contributed by atoms with Crippen molar-refractivity contribution < 1.29 is 0 Å². The maximum absolute atomic E-state index is 2.49. The number of hydrogen-bond acceptors (Lipinski definition) is 0. The standard InChI is InChI=1S/C74H44N4/c1-9-25-65-53(17-1)54-18-2-10-26-66(54)75(65)45-33-37-49-50-38-34-47(77-69-29-13-5-21-57(69)58-22-6-14-30-70(58)77)43-63(50)74-64-44-48(78-71-31-15-7-23-59(71)60-24-8-16-32-72(60)78)36-40-52(64)51-39-35-46(42-62(51)73(74)61(49)41-45)76-67-27-11-3-19-55(67)56-20-4-12-28-68(56)76/h1-44H. The summed E-state index contributed by atoms with van der Waals surface area (Å²) >= 11 is 0. The summed E-state index contributed by atoms with van der Waals surface area (Å²) in [7, 11) is 0. The van der Waals surface area contributed by atoms with E-state index < -0.39 is 0 Å². The molecule has 18 aromatic rings. The lowest BCUT2D eigenvalue weighted by Crippen LogP contribution is -1.98. The Hall–Kier alpha value is -10.4. The predicted molar refractivity (Wildman–Crippen MR) is 331 cm³/mol. The maximum atomic E-state index is 2.49. The number of fused-ring (bicyclic) bond motifs is 23. The fourth-order valence-electron chi connectivity index (χ4n) is 14.1. The van der Waals surface area contributed by atoms with E-state index in [1.165, 1.54) is 141 Å². The molecule has 4 nitrogen and oxygen atoms in total. The molecule has 18 rings (SSSR count). The first kappa shape index (κ1) is 41.9. The third kappa shape index (κ3) is 5.57. The Morgan fingerprint density at radius 2 is 0.308 bits per heavy atom. The van der Waals surface area contributed by atoms with Gasteiger partial charge in [-0.2, -0.15) is 0 Å². The summed E-state index contributed by atoms with van der Waals surface area (Å²) in [6, 6.07) is 99.8. The molecule has 0 aliphatic heterocycles. The van der Waals surface area contributed by atoms with Gasteiger partial charge in [0.1, 0.15) is 0 Å². The molecule has 0 atom stereocenters. The molecule has 0 saturated carbocycles. The Labute approximate surface area is 446 Å². The lowest BCUT2D eigenvalue weighted by atomic mass is 9.86. The monoisotopic (exact) mass is 988 g/mol. The van der Waals surface area contributed by atoms with E-state index >= 15 is 0 Å². The van der Waals surface area contributed by atoms with Crippen LogP contribution < -0.4 is 0 Å². The first-order valence-corrected chi connectivity index (χ1v) is 27.0. The molecule has 4 heterocycles. The minimum atomic E-state index is 1.13. The summed E-state index contributed by atoms with van der Waals surface area (Å²) in [5, 5.41) is 22.2. The summed E-state index contributed by atoms with van der Waals surface area (Å²) in [6.45, 7) is 0. The van der Waals surface area contributed by atoms with E-state index in [2.05, 4.69) is 285 Å². The van der Waals surface area contributed by atoms with Crippen LogP contribution in [0.2, 0.25) is 0 Å². The van der Waals surface area contributed by atoms with Crippen molar-refractivity contribution in [1.29, 1.82) is 0 Å². The number of para-hydroxylation sites is 8. The predicted octanol–water partition coefficient (Wildman–Crippen LogP) is 19.8. The lowest BCUT2D eigenvalue weighted by molar-refractivity contribution is 1.18. The fraction of sp³-hybridized carbons (Fsp3) is 0. The largest absolute Gasteiger partial charge is 0.309 e. The Balaban J connectivity index is 1.05. The van der Waals surface area contributed by atoms with E-state index in [1.54, 1.807) is 0 Å². The summed E-state index contributed by atoms with van der Waals surface area (Å²) in [6.07, 6.45) is 0. The van der Waals surface area contributed by atoms with Gasteiger partial charge in [-0.25, -0.2) is 0 Å². The highest BCUT2D eigenvalue weighted by molar-refractivity contribution is 6.40. The van der Waals surface area contributed by atoms with E-state index in [4.69, 9.17) is 0 Å². The SMILES string of the molecule is c1ccc2c(c1)c1ccccc1n2-c1ccc2c3ccc(-n4c5ccccc5c5ccccc54)cc3c3c4cc(-n5c6ccccc6c6ccccc65)ccc4c4ccc(-n5c6ccccc6c6ccccc65)cc4c3c2c1. The minimum Gasteiger partial charge on any atom is -0.309 e. The zero-order valence-electron chi connectivity index (χ0n) is 42.2.